The van der Waals surface area contributed by atoms with Crippen LogP contribution in [0.2, 0.25) is 0 Å². The van der Waals surface area contributed by atoms with Crippen molar-refractivity contribution in [3.63, 3.8) is 0 Å². The summed E-state index contributed by atoms with van der Waals surface area (Å²) in [5.41, 5.74) is 1.31. The number of fused-ring (bicyclic) bond motifs is 1. The molecule has 5 heteroatoms. The molecule has 1 heterocycles. The van der Waals surface area contributed by atoms with Crippen molar-refractivity contribution in [1.82, 2.24) is 10.2 Å². The zero-order valence-electron chi connectivity index (χ0n) is 10.6. The third-order valence-electron chi connectivity index (χ3n) is 3.65. The van der Waals surface area contributed by atoms with Crippen molar-refractivity contribution in [2.24, 2.45) is 5.92 Å². The summed E-state index contributed by atoms with van der Waals surface area (Å²) in [5, 5.41) is 21.2. The normalized spacial score (nSPS) is 21.3. The van der Waals surface area contributed by atoms with Crippen LogP contribution in [0.5, 0.6) is 0 Å². The summed E-state index contributed by atoms with van der Waals surface area (Å²) in [7, 11) is 0. The van der Waals surface area contributed by atoms with Crippen molar-refractivity contribution in [1.29, 1.82) is 0 Å². The minimum atomic E-state index is -1.05. The summed E-state index contributed by atoms with van der Waals surface area (Å²) in [6.45, 7) is 2.15. The smallest absolute Gasteiger partial charge is 0.358 e. The maximum absolute atomic E-state index is 11.3. The largest absolute Gasteiger partial charge is 0.476 e. The van der Waals surface area contributed by atoms with E-state index in [0.29, 0.717) is 23.2 Å². The van der Waals surface area contributed by atoms with E-state index in [1.807, 2.05) is 24.3 Å². The number of hydrogen-bond acceptors (Lipinski definition) is 4. The Morgan fingerprint density at radius 2 is 2.21 bits per heavy atom. The van der Waals surface area contributed by atoms with Gasteiger partial charge >= 0.3 is 5.97 Å². The fourth-order valence-corrected chi connectivity index (χ4v) is 2.41. The van der Waals surface area contributed by atoms with E-state index in [0.717, 1.165) is 18.2 Å². The number of benzene rings is 1. The van der Waals surface area contributed by atoms with Gasteiger partial charge in [0.2, 0.25) is 0 Å². The molecule has 0 amide bonds. The molecule has 1 saturated carbocycles. The number of carboxylic acids is 1. The quantitative estimate of drug-likeness (QED) is 0.880. The van der Waals surface area contributed by atoms with Gasteiger partial charge in [-0.1, -0.05) is 31.5 Å². The van der Waals surface area contributed by atoms with E-state index >= 15 is 0 Å². The van der Waals surface area contributed by atoms with Gasteiger partial charge in [0.25, 0.3) is 0 Å². The van der Waals surface area contributed by atoms with Crippen molar-refractivity contribution >= 4 is 22.6 Å². The van der Waals surface area contributed by atoms with Crippen LogP contribution in [0, 0.1) is 5.92 Å². The maximum atomic E-state index is 11.3. The predicted molar refractivity (Wildman–Crippen MR) is 72.3 cm³/mol. The molecule has 3 rings (SSSR count). The van der Waals surface area contributed by atoms with Crippen molar-refractivity contribution in [3.8, 4) is 0 Å². The first-order chi connectivity index (χ1) is 9.20. The molecule has 0 spiro atoms. The van der Waals surface area contributed by atoms with E-state index in [9.17, 15) is 9.90 Å². The summed E-state index contributed by atoms with van der Waals surface area (Å²) in [4.78, 5) is 11.3. The third-order valence-corrected chi connectivity index (χ3v) is 3.65. The van der Waals surface area contributed by atoms with E-state index in [1.54, 1.807) is 0 Å². The van der Waals surface area contributed by atoms with E-state index < -0.39 is 5.97 Å². The highest BCUT2D eigenvalue weighted by molar-refractivity contribution is 6.02. The number of rotatable bonds is 4. The Hall–Kier alpha value is -2.17. The lowest BCUT2D eigenvalue weighted by molar-refractivity contribution is 0.0690. The number of aromatic carboxylic acids is 1. The van der Waals surface area contributed by atoms with Gasteiger partial charge in [0.15, 0.2) is 5.69 Å². The van der Waals surface area contributed by atoms with Gasteiger partial charge in [0.05, 0.1) is 11.2 Å². The van der Waals surface area contributed by atoms with Gasteiger partial charge in [-0.05, 0) is 18.4 Å². The summed E-state index contributed by atoms with van der Waals surface area (Å²) >= 11 is 0. The van der Waals surface area contributed by atoms with E-state index in [-0.39, 0.29) is 5.69 Å². The Bertz CT molecular complexity index is 642. The predicted octanol–water partition coefficient (Wildman–Crippen LogP) is 2.54. The lowest BCUT2D eigenvalue weighted by Crippen LogP contribution is -2.13. The number of carboxylic acid groups (broad SMARTS) is 1. The molecule has 0 bridgehead atoms. The fraction of sp³-hybridized carbons (Fsp3) is 0.357. The Morgan fingerprint density at radius 3 is 2.89 bits per heavy atom. The van der Waals surface area contributed by atoms with Crippen LogP contribution in [0.3, 0.4) is 0 Å². The van der Waals surface area contributed by atoms with E-state index in [4.69, 9.17) is 0 Å². The summed E-state index contributed by atoms with van der Waals surface area (Å²) in [6, 6.07) is 7.82. The summed E-state index contributed by atoms with van der Waals surface area (Å²) in [5.74, 6) is -0.414. The Morgan fingerprint density at radius 1 is 1.42 bits per heavy atom. The molecule has 2 N–H and O–H groups in total. The number of carbonyl (C=O) groups is 1. The molecule has 1 aromatic carbocycles. The van der Waals surface area contributed by atoms with Gasteiger partial charge in [-0.3, -0.25) is 0 Å². The molecule has 1 aliphatic rings. The molecular weight excluding hydrogens is 242 g/mol. The Kier molecular flexibility index (Phi) is 2.81. The highest BCUT2D eigenvalue weighted by atomic mass is 16.4. The van der Waals surface area contributed by atoms with Crippen LogP contribution >= 0.6 is 0 Å². The lowest BCUT2D eigenvalue weighted by atomic mass is 10.1. The molecule has 1 aliphatic carbocycles. The first kappa shape index (κ1) is 11.9. The summed E-state index contributed by atoms with van der Waals surface area (Å²) in [6.07, 6.45) is 2.20. The zero-order valence-corrected chi connectivity index (χ0v) is 10.6. The molecule has 1 aromatic heterocycles. The highest BCUT2D eigenvalue weighted by Crippen LogP contribution is 2.38. The maximum Gasteiger partial charge on any atom is 0.358 e. The van der Waals surface area contributed by atoms with Crippen LogP contribution in [-0.2, 0) is 0 Å². The van der Waals surface area contributed by atoms with Crippen LogP contribution in [0.15, 0.2) is 24.3 Å². The van der Waals surface area contributed by atoms with Crippen molar-refractivity contribution in [2.45, 2.75) is 25.8 Å². The number of nitrogens with one attached hydrogen (secondary N) is 1. The van der Waals surface area contributed by atoms with Crippen molar-refractivity contribution in [2.75, 3.05) is 5.32 Å². The minimum absolute atomic E-state index is 0.000420. The van der Waals surface area contributed by atoms with Crippen LogP contribution in [0.1, 0.15) is 30.3 Å². The molecule has 19 heavy (non-hydrogen) atoms. The van der Waals surface area contributed by atoms with Gasteiger partial charge in [0, 0.05) is 11.4 Å². The average molecular weight is 257 g/mol. The molecule has 2 unspecified atom stereocenters. The van der Waals surface area contributed by atoms with Crippen LogP contribution in [-0.4, -0.2) is 27.3 Å². The van der Waals surface area contributed by atoms with Gasteiger partial charge in [0.1, 0.15) is 0 Å². The second-order valence-corrected chi connectivity index (χ2v) is 4.90. The second-order valence-electron chi connectivity index (χ2n) is 4.90. The molecule has 2 aromatic rings. The van der Waals surface area contributed by atoms with Gasteiger partial charge in [-0.2, -0.15) is 0 Å². The Balaban J connectivity index is 2.07. The van der Waals surface area contributed by atoms with Crippen LogP contribution in [0.25, 0.3) is 10.9 Å². The molecule has 0 saturated heterocycles. The lowest BCUT2D eigenvalue weighted by Gasteiger charge is -2.11. The number of nitrogens with zero attached hydrogens (tertiary/aromatic N) is 2. The number of hydrogen-bond donors (Lipinski definition) is 2. The van der Waals surface area contributed by atoms with Crippen LogP contribution < -0.4 is 5.32 Å². The molecule has 0 aliphatic heterocycles. The first-order valence-corrected chi connectivity index (χ1v) is 6.46. The van der Waals surface area contributed by atoms with E-state index in [1.165, 1.54) is 0 Å². The topological polar surface area (TPSA) is 75.1 Å². The second kappa shape index (κ2) is 4.50. The zero-order chi connectivity index (χ0) is 13.4. The SMILES string of the molecule is CCC1CC1Nc1c(C(=O)O)nnc2ccccc12. The monoisotopic (exact) mass is 257 g/mol. The Labute approximate surface area is 110 Å². The molecule has 5 nitrogen and oxygen atoms in total. The molecule has 2 atom stereocenters. The van der Waals surface area contributed by atoms with Crippen LogP contribution in [0.4, 0.5) is 5.69 Å². The summed E-state index contributed by atoms with van der Waals surface area (Å²) < 4.78 is 0. The third kappa shape index (κ3) is 2.12. The minimum Gasteiger partial charge on any atom is -0.476 e. The molecule has 98 valence electrons. The first-order valence-electron chi connectivity index (χ1n) is 6.46. The number of aromatic nitrogens is 2. The molecule has 1 fully saturated rings. The highest BCUT2D eigenvalue weighted by Gasteiger charge is 2.36. The number of anilines is 1. The van der Waals surface area contributed by atoms with E-state index in [2.05, 4.69) is 22.4 Å². The standard InChI is InChI=1S/C14H15N3O2/c1-2-8-7-11(8)15-12-9-5-3-4-6-10(9)16-17-13(12)14(18)19/h3-6,8,11H,2,7H2,1H3,(H,15,16)(H,18,19). The molecule has 0 radical (unpaired) electrons. The van der Waals surface area contributed by atoms with Gasteiger partial charge in [-0.25, -0.2) is 4.79 Å². The fourth-order valence-electron chi connectivity index (χ4n) is 2.41. The molecular formula is C14H15N3O2. The van der Waals surface area contributed by atoms with Gasteiger partial charge in [-0.15, -0.1) is 10.2 Å². The van der Waals surface area contributed by atoms with Crippen molar-refractivity contribution in [3.05, 3.63) is 30.0 Å². The van der Waals surface area contributed by atoms with Gasteiger partial charge < -0.3 is 10.4 Å². The van der Waals surface area contributed by atoms with Crippen molar-refractivity contribution < 1.29 is 9.90 Å². The average Bonchev–Trinajstić information content (AvgIpc) is 3.17.